The van der Waals surface area contributed by atoms with E-state index in [0.29, 0.717) is 0 Å². The minimum Gasteiger partial charge on any atom is -0.481 e. The molecule has 0 saturated carbocycles. The first-order chi connectivity index (χ1) is 7.34. The van der Waals surface area contributed by atoms with E-state index in [4.69, 9.17) is 9.52 Å². The third-order valence-electron chi connectivity index (χ3n) is 2.34. The standard InChI is InChI=1S/C11H15NO4/c1-7-4-5-16-8(7)9(13)12-6-11(2,3)10(14)15/h4-5H,6H2,1-3H3,(H,12,13)(H,14,15). The molecular formula is C11H15NO4. The molecule has 0 aliphatic rings. The summed E-state index contributed by atoms with van der Waals surface area (Å²) in [5.41, 5.74) is -0.262. The Morgan fingerprint density at radius 2 is 2.12 bits per heavy atom. The fraction of sp³-hybridized carbons (Fsp3) is 0.455. The lowest BCUT2D eigenvalue weighted by molar-refractivity contribution is -0.146. The molecule has 0 saturated heterocycles. The molecule has 0 radical (unpaired) electrons. The van der Waals surface area contributed by atoms with Crippen molar-refractivity contribution >= 4 is 11.9 Å². The first-order valence-corrected chi connectivity index (χ1v) is 4.90. The van der Waals surface area contributed by atoms with Crippen LogP contribution >= 0.6 is 0 Å². The average Bonchev–Trinajstić information content (AvgIpc) is 2.61. The van der Waals surface area contributed by atoms with Crippen molar-refractivity contribution in [3.8, 4) is 0 Å². The number of rotatable bonds is 4. The lowest BCUT2D eigenvalue weighted by Gasteiger charge is -2.18. The number of carboxylic acid groups (broad SMARTS) is 1. The summed E-state index contributed by atoms with van der Waals surface area (Å²) in [6.45, 7) is 4.90. The van der Waals surface area contributed by atoms with Gasteiger partial charge in [0.25, 0.3) is 5.91 Å². The zero-order valence-corrected chi connectivity index (χ0v) is 9.53. The number of carboxylic acids is 1. The van der Waals surface area contributed by atoms with Crippen molar-refractivity contribution < 1.29 is 19.1 Å². The largest absolute Gasteiger partial charge is 0.481 e. The highest BCUT2D eigenvalue weighted by Gasteiger charge is 2.28. The molecular weight excluding hydrogens is 210 g/mol. The molecule has 1 aromatic heterocycles. The third kappa shape index (κ3) is 2.62. The molecule has 1 rings (SSSR count). The van der Waals surface area contributed by atoms with E-state index < -0.39 is 17.3 Å². The van der Waals surface area contributed by atoms with Gasteiger partial charge in [0.05, 0.1) is 11.7 Å². The number of aliphatic carboxylic acids is 1. The fourth-order valence-corrected chi connectivity index (χ4v) is 1.06. The lowest BCUT2D eigenvalue weighted by atomic mass is 9.94. The second kappa shape index (κ2) is 4.38. The summed E-state index contributed by atoms with van der Waals surface area (Å²) in [6, 6.07) is 1.68. The van der Waals surface area contributed by atoms with Gasteiger partial charge in [0, 0.05) is 12.1 Å². The summed E-state index contributed by atoms with van der Waals surface area (Å²) in [5, 5.41) is 11.4. The van der Waals surface area contributed by atoms with E-state index in [0.717, 1.165) is 5.56 Å². The van der Waals surface area contributed by atoms with Crippen LogP contribution < -0.4 is 5.32 Å². The predicted octanol–water partition coefficient (Wildman–Crippen LogP) is 1.43. The van der Waals surface area contributed by atoms with E-state index >= 15 is 0 Å². The van der Waals surface area contributed by atoms with Crippen molar-refractivity contribution in [3.05, 3.63) is 23.7 Å². The Bertz CT molecular complexity index is 406. The molecule has 0 spiro atoms. The van der Waals surface area contributed by atoms with Gasteiger partial charge in [0.2, 0.25) is 0 Å². The van der Waals surface area contributed by atoms with Crippen molar-refractivity contribution in [1.29, 1.82) is 0 Å². The molecule has 5 nitrogen and oxygen atoms in total. The number of nitrogens with one attached hydrogen (secondary N) is 1. The first-order valence-electron chi connectivity index (χ1n) is 4.90. The number of carbonyl (C=O) groups excluding carboxylic acids is 1. The maximum atomic E-state index is 11.6. The van der Waals surface area contributed by atoms with Gasteiger partial charge in [-0.2, -0.15) is 0 Å². The molecule has 0 fully saturated rings. The maximum absolute atomic E-state index is 11.6. The van der Waals surface area contributed by atoms with Crippen LogP contribution in [-0.4, -0.2) is 23.5 Å². The van der Waals surface area contributed by atoms with Crippen LogP contribution in [0.3, 0.4) is 0 Å². The van der Waals surface area contributed by atoms with Crippen LogP contribution in [0.4, 0.5) is 0 Å². The lowest BCUT2D eigenvalue weighted by Crippen LogP contribution is -2.38. The number of amides is 1. The highest BCUT2D eigenvalue weighted by molar-refractivity contribution is 5.93. The Kier molecular flexibility index (Phi) is 3.37. The van der Waals surface area contributed by atoms with Crippen LogP contribution in [0.15, 0.2) is 16.7 Å². The van der Waals surface area contributed by atoms with Gasteiger partial charge in [-0.1, -0.05) is 0 Å². The molecule has 88 valence electrons. The number of hydrogen-bond donors (Lipinski definition) is 2. The van der Waals surface area contributed by atoms with E-state index in [9.17, 15) is 9.59 Å². The summed E-state index contributed by atoms with van der Waals surface area (Å²) in [5.74, 6) is -1.12. The number of aryl methyl sites for hydroxylation is 1. The zero-order valence-electron chi connectivity index (χ0n) is 9.53. The zero-order chi connectivity index (χ0) is 12.3. The highest BCUT2D eigenvalue weighted by atomic mass is 16.4. The van der Waals surface area contributed by atoms with Gasteiger partial charge in [-0.05, 0) is 26.8 Å². The Morgan fingerprint density at radius 3 is 2.56 bits per heavy atom. The van der Waals surface area contributed by atoms with Gasteiger partial charge < -0.3 is 14.8 Å². The first kappa shape index (κ1) is 12.3. The molecule has 0 aliphatic heterocycles. The minimum atomic E-state index is -0.990. The van der Waals surface area contributed by atoms with Gasteiger partial charge in [-0.15, -0.1) is 0 Å². The summed E-state index contributed by atoms with van der Waals surface area (Å²) in [7, 11) is 0. The molecule has 2 N–H and O–H groups in total. The van der Waals surface area contributed by atoms with Gasteiger partial charge in [-0.25, -0.2) is 0 Å². The SMILES string of the molecule is Cc1ccoc1C(=O)NCC(C)(C)C(=O)O. The van der Waals surface area contributed by atoms with Crippen molar-refractivity contribution in [3.63, 3.8) is 0 Å². The maximum Gasteiger partial charge on any atom is 0.310 e. The molecule has 0 atom stereocenters. The van der Waals surface area contributed by atoms with Gasteiger partial charge in [0.1, 0.15) is 0 Å². The van der Waals surface area contributed by atoms with Crippen LogP contribution in [0, 0.1) is 12.3 Å². The Hall–Kier alpha value is -1.78. The predicted molar refractivity (Wildman–Crippen MR) is 57.2 cm³/mol. The minimum absolute atomic E-state index is 0.0569. The molecule has 0 aromatic carbocycles. The molecule has 1 aromatic rings. The van der Waals surface area contributed by atoms with Crippen LogP contribution in [0.2, 0.25) is 0 Å². The third-order valence-corrected chi connectivity index (χ3v) is 2.34. The van der Waals surface area contributed by atoms with Crippen molar-refractivity contribution in [2.24, 2.45) is 5.41 Å². The van der Waals surface area contributed by atoms with Gasteiger partial charge in [-0.3, -0.25) is 9.59 Å². The Balaban J connectivity index is 2.61. The van der Waals surface area contributed by atoms with Crippen molar-refractivity contribution in [2.45, 2.75) is 20.8 Å². The smallest absolute Gasteiger partial charge is 0.310 e. The molecule has 1 heterocycles. The van der Waals surface area contributed by atoms with Crippen LogP contribution in [-0.2, 0) is 4.79 Å². The molecule has 0 unspecified atom stereocenters. The molecule has 16 heavy (non-hydrogen) atoms. The molecule has 5 heteroatoms. The second-order valence-corrected chi connectivity index (χ2v) is 4.30. The van der Waals surface area contributed by atoms with Crippen LogP contribution in [0.25, 0.3) is 0 Å². The van der Waals surface area contributed by atoms with E-state index in [1.54, 1.807) is 26.8 Å². The topological polar surface area (TPSA) is 79.5 Å². The molecule has 1 amide bonds. The normalized spacial score (nSPS) is 11.2. The Morgan fingerprint density at radius 1 is 1.50 bits per heavy atom. The van der Waals surface area contributed by atoms with Crippen LogP contribution in [0.5, 0.6) is 0 Å². The number of furan rings is 1. The number of hydrogen-bond acceptors (Lipinski definition) is 3. The quantitative estimate of drug-likeness (QED) is 0.812. The van der Waals surface area contributed by atoms with E-state index in [1.807, 2.05) is 0 Å². The van der Waals surface area contributed by atoms with Gasteiger partial charge >= 0.3 is 5.97 Å². The van der Waals surface area contributed by atoms with Crippen molar-refractivity contribution in [1.82, 2.24) is 5.32 Å². The summed E-state index contributed by atoms with van der Waals surface area (Å²) >= 11 is 0. The van der Waals surface area contributed by atoms with Gasteiger partial charge in [0.15, 0.2) is 5.76 Å². The second-order valence-electron chi connectivity index (χ2n) is 4.30. The molecule has 0 bridgehead atoms. The Labute approximate surface area is 93.4 Å². The monoisotopic (exact) mass is 225 g/mol. The fourth-order valence-electron chi connectivity index (χ4n) is 1.06. The summed E-state index contributed by atoms with van der Waals surface area (Å²) < 4.78 is 4.99. The molecule has 0 aliphatic carbocycles. The number of carbonyl (C=O) groups is 2. The van der Waals surface area contributed by atoms with Crippen molar-refractivity contribution in [2.75, 3.05) is 6.54 Å². The van der Waals surface area contributed by atoms with E-state index in [2.05, 4.69) is 5.32 Å². The summed E-state index contributed by atoms with van der Waals surface area (Å²) in [6.07, 6.45) is 1.42. The van der Waals surface area contributed by atoms with E-state index in [1.165, 1.54) is 6.26 Å². The highest BCUT2D eigenvalue weighted by Crippen LogP contribution is 2.14. The van der Waals surface area contributed by atoms with E-state index in [-0.39, 0.29) is 12.3 Å². The van der Waals surface area contributed by atoms with Crippen LogP contribution in [0.1, 0.15) is 30.0 Å². The summed E-state index contributed by atoms with van der Waals surface area (Å²) in [4.78, 5) is 22.4. The average molecular weight is 225 g/mol.